The second kappa shape index (κ2) is 8.63. The lowest BCUT2D eigenvalue weighted by molar-refractivity contribution is -0.545. The fraction of sp³-hybridized carbons (Fsp3) is 0. The number of quaternary nitrogens is 1. The summed E-state index contributed by atoms with van der Waals surface area (Å²) in [6, 6.07) is 35.2. The van der Waals surface area contributed by atoms with Crippen LogP contribution in [0.4, 0.5) is 10.8 Å². The minimum absolute atomic E-state index is 0.867. The van der Waals surface area contributed by atoms with Gasteiger partial charge in [0.25, 0.3) is 11.0 Å². The van der Waals surface area contributed by atoms with Crippen molar-refractivity contribution in [2.75, 3.05) is 10.2 Å². The average molecular weight is 467 g/mol. The molecule has 0 bridgehead atoms. The van der Waals surface area contributed by atoms with Crippen molar-refractivity contribution in [3.05, 3.63) is 113 Å². The standard InChI is InChI=1S/C26H19N5S2/c1-4-11-19(12-5-1)23-24(20-13-6-2-7-14-20)33-26(27-23)31-29-25(22-17-10-18-32-22)28-30(31)21-15-8-3-9-16-21/h1-18H,(H,28,29)/p+1. The van der Waals surface area contributed by atoms with E-state index in [0.29, 0.717) is 0 Å². The van der Waals surface area contributed by atoms with Gasteiger partial charge in [0.05, 0.1) is 16.3 Å². The second-order valence-corrected chi connectivity index (χ2v) is 9.39. The van der Waals surface area contributed by atoms with Crippen LogP contribution in [0.15, 0.2) is 114 Å². The average Bonchev–Trinajstić information content (AvgIpc) is 3.65. The molecule has 2 aromatic heterocycles. The third kappa shape index (κ3) is 3.82. The molecule has 5 aromatic rings. The molecular weight excluding hydrogens is 446 g/mol. The molecule has 6 rings (SSSR count). The molecule has 5 nitrogen and oxygen atoms in total. The SMILES string of the molecule is c1ccc(-c2nc(N3[NH2+]C(c4cccs4)=NN3c3ccccc3)sc2-c2ccccc2)cc1. The van der Waals surface area contributed by atoms with E-state index in [2.05, 4.69) is 83.6 Å². The number of hydrazine groups is 1. The van der Waals surface area contributed by atoms with Crippen LogP contribution in [0.1, 0.15) is 4.88 Å². The Labute approximate surface area is 199 Å². The predicted octanol–water partition coefficient (Wildman–Crippen LogP) is 5.62. The highest BCUT2D eigenvalue weighted by Crippen LogP contribution is 2.40. The van der Waals surface area contributed by atoms with Crippen LogP contribution >= 0.6 is 22.7 Å². The molecule has 3 heterocycles. The van der Waals surface area contributed by atoms with Gasteiger partial charge >= 0.3 is 0 Å². The van der Waals surface area contributed by atoms with E-state index >= 15 is 0 Å². The molecule has 0 unspecified atom stereocenters. The first-order valence-electron chi connectivity index (χ1n) is 10.6. The highest BCUT2D eigenvalue weighted by atomic mass is 32.1. The summed E-state index contributed by atoms with van der Waals surface area (Å²) in [5.41, 5.74) is 6.29. The van der Waals surface area contributed by atoms with Crippen LogP contribution in [0, 0.1) is 0 Å². The number of nitrogens with two attached hydrogens (primary N) is 1. The van der Waals surface area contributed by atoms with Crippen LogP contribution in [0.5, 0.6) is 0 Å². The van der Waals surface area contributed by atoms with E-state index in [1.54, 1.807) is 22.7 Å². The second-order valence-electron chi connectivity index (χ2n) is 7.47. The fourth-order valence-electron chi connectivity index (χ4n) is 3.75. The third-order valence-electron chi connectivity index (χ3n) is 5.31. The van der Waals surface area contributed by atoms with Gasteiger partial charge in [0.2, 0.25) is 0 Å². The van der Waals surface area contributed by atoms with Gasteiger partial charge in [-0.1, -0.05) is 106 Å². The predicted molar refractivity (Wildman–Crippen MR) is 137 cm³/mol. The minimum Gasteiger partial charge on any atom is -0.213 e. The summed E-state index contributed by atoms with van der Waals surface area (Å²) in [7, 11) is 0. The molecule has 0 spiro atoms. The van der Waals surface area contributed by atoms with E-state index in [4.69, 9.17) is 10.1 Å². The Kier molecular flexibility index (Phi) is 5.20. The molecule has 2 N–H and O–H groups in total. The van der Waals surface area contributed by atoms with E-state index in [0.717, 1.165) is 43.2 Å². The van der Waals surface area contributed by atoms with Gasteiger partial charge < -0.3 is 0 Å². The number of nitrogens with zero attached hydrogens (tertiary/aromatic N) is 4. The summed E-state index contributed by atoms with van der Waals surface area (Å²) in [5, 5.41) is 11.9. The number of hydrazone groups is 1. The monoisotopic (exact) mass is 466 g/mol. The van der Waals surface area contributed by atoms with Crippen molar-refractivity contribution < 1.29 is 5.43 Å². The molecule has 33 heavy (non-hydrogen) atoms. The highest BCUT2D eigenvalue weighted by molar-refractivity contribution is 7.19. The number of aromatic nitrogens is 1. The van der Waals surface area contributed by atoms with E-state index in [9.17, 15) is 0 Å². The van der Waals surface area contributed by atoms with Crippen LogP contribution in [0.2, 0.25) is 0 Å². The maximum Gasteiger partial charge on any atom is 0.287 e. The molecule has 1 aliphatic heterocycles. The molecular formula is C26H20N5S2+. The Morgan fingerprint density at radius 3 is 2.03 bits per heavy atom. The van der Waals surface area contributed by atoms with Crippen molar-refractivity contribution in [3.8, 4) is 21.7 Å². The zero-order chi connectivity index (χ0) is 22.0. The van der Waals surface area contributed by atoms with Crippen molar-refractivity contribution >= 4 is 39.3 Å². The molecule has 0 atom stereocenters. The van der Waals surface area contributed by atoms with Gasteiger partial charge in [-0.3, -0.25) is 0 Å². The van der Waals surface area contributed by atoms with Crippen molar-refractivity contribution in [1.82, 2.24) is 4.98 Å². The highest BCUT2D eigenvalue weighted by Gasteiger charge is 2.35. The van der Waals surface area contributed by atoms with Crippen molar-refractivity contribution in [3.63, 3.8) is 0 Å². The third-order valence-corrected chi connectivity index (χ3v) is 7.29. The first-order valence-corrected chi connectivity index (χ1v) is 12.3. The normalized spacial score (nSPS) is 13.4. The maximum atomic E-state index is 5.13. The van der Waals surface area contributed by atoms with Crippen LogP contribution in [-0.4, -0.2) is 10.8 Å². The zero-order valence-corrected chi connectivity index (χ0v) is 19.2. The summed E-state index contributed by atoms with van der Waals surface area (Å²) < 4.78 is 0. The van der Waals surface area contributed by atoms with Crippen LogP contribution in [0.3, 0.4) is 0 Å². The summed E-state index contributed by atoms with van der Waals surface area (Å²) in [4.78, 5) is 7.40. The Balaban J connectivity index is 1.47. The van der Waals surface area contributed by atoms with E-state index in [-0.39, 0.29) is 0 Å². The molecule has 0 fully saturated rings. The quantitative estimate of drug-likeness (QED) is 0.342. The molecule has 0 amide bonds. The van der Waals surface area contributed by atoms with Crippen LogP contribution in [-0.2, 0) is 0 Å². The first-order chi connectivity index (χ1) is 16.4. The number of thiazole rings is 1. The summed E-state index contributed by atoms with van der Waals surface area (Å²) in [6.45, 7) is 0. The zero-order valence-electron chi connectivity index (χ0n) is 17.6. The number of benzene rings is 3. The van der Waals surface area contributed by atoms with Gasteiger partial charge in [0, 0.05) is 5.56 Å². The molecule has 3 aromatic carbocycles. The molecule has 0 saturated carbocycles. The fourth-order valence-corrected chi connectivity index (χ4v) is 5.48. The van der Waals surface area contributed by atoms with Gasteiger partial charge in [-0.2, -0.15) is 5.43 Å². The number of rotatable bonds is 5. The number of thiophene rings is 1. The van der Waals surface area contributed by atoms with Crippen molar-refractivity contribution in [1.29, 1.82) is 0 Å². The Hall–Kier alpha value is -3.78. The number of anilines is 2. The lowest BCUT2D eigenvalue weighted by atomic mass is 10.1. The molecule has 1 aliphatic rings. The lowest BCUT2D eigenvalue weighted by Gasteiger charge is -2.21. The van der Waals surface area contributed by atoms with Gasteiger partial charge in [-0.15, -0.1) is 16.5 Å². The molecule has 0 radical (unpaired) electrons. The smallest absolute Gasteiger partial charge is 0.213 e. The van der Waals surface area contributed by atoms with E-state index in [1.807, 2.05) is 40.6 Å². The Morgan fingerprint density at radius 2 is 1.36 bits per heavy atom. The van der Waals surface area contributed by atoms with Crippen LogP contribution < -0.4 is 15.7 Å². The molecule has 0 aliphatic carbocycles. The molecule has 0 saturated heterocycles. The lowest BCUT2D eigenvalue weighted by Crippen LogP contribution is -2.96. The first kappa shape index (κ1) is 19.9. The van der Waals surface area contributed by atoms with Crippen molar-refractivity contribution in [2.24, 2.45) is 5.10 Å². The summed E-state index contributed by atoms with van der Waals surface area (Å²) in [5.74, 6) is 0.923. The summed E-state index contributed by atoms with van der Waals surface area (Å²) >= 11 is 3.36. The number of hydrogen-bond donors (Lipinski definition) is 1. The van der Waals surface area contributed by atoms with Crippen molar-refractivity contribution in [2.45, 2.75) is 0 Å². The van der Waals surface area contributed by atoms with Gasteiger partial charge in [0.15, 0.2) is 0 Å². The summed E-state index contributed by atoms with van der Waals surface area (Å²) in [6.07, 6.45) is 0. The molecule has 160 valence electrons. The van der Waals surface area contributed by atoms with E-state index in [1.165, 1.54) is 0 Å². The minimum atomic E-state index is 0.867. The Morgan fingerprint density at radius 1 is 0.697 bits per heavy atom. The maximum absolute atomic E-state index is 5.13. The van der Waals surface area contributed by atoms with Gasteiger partial charge in [0.1, 0.15) is 4.88 Å². The Bertz CT molecular complexity index is 1320. The van der Waals surface area contributed by atoms with E-state index < -0.39 is 0 Å². The van der Waals surface area contributed by atoms with Crippen LogP contribution in [0.25, 0.3) is 21.7 Å². The molecule has 7 heteroatoms. The number of para-hydroxylation sites is 1. The van der Waals surface area contributed by atoms with Gasteiger partial charge in [-0.05, 0) is 29.1 Å². The number of amidine groups is 1. The van der Waals surface area contributed by atoms with Gasteiger partial charge in [-0.25, -0.2) is 4.98 Å². The topological polar surface area (TPSA) is 48.3 Å². The number of hydrogen-bond acceptors (Lipinski definition) is 6. The largest absolute Gasteiger partial charge is 0.287 e.